The number of pyridine rings is 1. The lowest BCUT2D eigenvalue weighted by Gasteiger charge is -2.06. The summed E-state index contributed by atoms with van der Waals surface area (Å²) in [6.45, 7) is 0. The van der Waals surface area contributed by atoms with E-state index in [2.05, 4.69) is 15.5 Å². The number of hydrogen-bond donors (Lipinski definition) is 2. The van der Waals surface area contributed by atoms with Crippen LogP contribution in [0.2, 0.25) is 0 Å². The van der Waals surface area contributed by atoms with Crippen LogP contribution in [0.3, 0.4) is 0 Å². The van der Waals surface area contributed by atoms with E-state index in [0.29, 0.717) is 11.1 Å². The maximum Gasteiger partial charge on any atom is 0.343 e. The predicted octanol–water partition coefficient (Wildman–Crippen LogP) is 3.84. The first-order valence-corrected chi connectivity index (χ1v) is 8.07. The first-order chi connectivity index (χ1) is 13.1. The molecule has 0 aliphatic rings. The Balaban J connectivity index is 1.73. The van der Waals surface area contributed by atoms with E-state index in [1.165, 1.54) is 6.20 Å². The van der Waals surface area contributed by atoms with Crippen LogP contribution in [0.1, 0.15) is 20.7 Å². The van der Waals surface area contributed by atoms with Gasteiger partial charge in [-0.15, -0.1) is 0 Å². The number of fused-ring (bicyclic) bond motifs is 1. The van der Waals surface area contributed by atoms with Crippen molar-refractivity contribution in [1.82, 2.24) is 10.1 Å². The number of amides is 1. The second-order valence-electron chi connectivity index (χ2n) is 5.76. The smallest absolute Gasteiger partial charge is 0.343 e. The molecule has 7 nitrogen and oxygen atoms in total. The molecule has 0 fully saturated rings. The molecule has 0 saturated carbocycles. The molecule has 2 heterocycles. The van der Waals surface area contributed by atoms with E-state index >= 15 is 0 Å². The third-order valence-corrected chi connectivity index (χ3v) is 4.10. The Morgan fingerprint density at radius 2 is 1.81 bits per heavy atom. The van der Waals surface area contributed by atoms with Gasteiger partial charge in [-0.1, -0.05) is 41.6 Å². The lowest BCUT2D eigenvalue weighted by atomic mass is 10.0. The van der Waals surface area contributed by atoms with Crippen molar-refractivity contribution in [2.24, 2.45) is 0 Å². The number of carbonyl (C=O) groups is 2. The van der Waals surface area contributed by atoms with Crippen molar-refractivity contribution in [3.05, 3.63) is 78.1 Å². The topological polar surface area (TPSA) is 105 Å². The average Bonchev–Trinajstić information content (AvgIpc) is 3.12. The normalized spacial score (nSPS) is 10.7. The molecule has 132 valence electrons. The van der Waals surface area contributed by atoms with Gasteiger partial charge < -0.3 is 9.63 Å². The van der Waals surface area contributed by atoms with Crippen LogP contribution in [-0.2, 0) is 0 Å². The summed E-state index contributed by atoms with van der Waals surface area (Å²) >= 11 is 0. The molecule has 0 bridgehead atoms. The molecule has 2 aromatic carbocycles. The number of nitrogens with one attached hydrogen (secondary N) is 1. The van der Waals surface area contributed by atoms with E-state index in [1.54, 1.807) is 30.5 Å². The highest BCUT2D eigenvalue weighted by atomic mass is 16.5. The molecule has 4 aromatic rings. The van der Waals surface area contributed by atoms with Crippen LogP contribution in [0.25, 0.3) is 22.0 Å². The van der Waals surface area contributed by atoms with Gasteiger partial charge in [0, 0.05) is 23.5 Å². The van der Waals surface area contributed by atoms with Crippen LogP contribution in [0.4, 0.5) is 5.88 Å². The van der Waals surface area contributed by atoms with Crippen molar-refractivity contribution in [3.63, 3.8) is 0 Å². The van der Waals surface area contributed by atoms with Gasteiger partial charge in [0.2, 0.25) is 5.88 Å². The fourth-order valence-corrected chi connectivity index (χ4v) is 2.87. The first kappa shape index (κ1) is 16.5. The van der Waals surface area contributed by atoms with E-state index in [1.807, 2.05) is 30.3 Å². The Hall–Kier alpha value is -4.00. The number of hydrogen-bond acceptors (Lipinski definition) is 5. The minimum atomic E-state index is -1.26. The summed E-state index contributed by atoms with van der Waals surface area (Å²) in [4.78, 5) is 28.4. The van der Waals surface area contributed by atoms with Gasteiger partial charge in [0.15, 0.2) is 5.56 Å². The fraction of sp³-hybridized carbons (Fsp3) is 0. The molecule has 0 radical (unpaired) electrons. The number of aromatic carboxylic acids is 1. The zero-order chi connectivity index (χ0) is 18.8. The van der Waals surface area contributed by atoms with Crippen molar-refractivity contribution >= 4 is 28.5 Å². The minimum absolute atomic E-state index is 0.101. The molecule has 0 aliphatic heterocycles. The predicted molar refractivity (Wildman–Crippen MR) is 98.6 cm³/mol. The van der Waals surface area contributed by atoms with Gasteiger partial charge in [0.1, 0.15) is 5.69 Å². The second-order valence-corrected chi connectivity index (χ2v) is 5.76. The Morgan fingerprint density at radius 3 is 2.59 bits per heavy atom. The fourth-order valence-electron chi connectivity index (χ4n) is 2.87. The van der Waals surface area contributed by atoms with E-state index in [0.717, 1.165) is 10.8 Å². The summed E-state index contributed by atoms with van der Waals surface area (Å²) in [5.41, 5.74) is 0.758. The number of rotatable bonds is 4. The van der Waals surface area contributed by atoms with Crippen LogP contribution < -0.4 is 5.32 Å². The summed E-state index contributed by atoms with van der Waals surface area (Å²) < 4.78 is 5.13. The highest BCUT2D eigenvalue weighted by Crippen LogP contribution is 2.29. The average molecular weight is 359 g/mol. The minimum Gasteiger partial charge on any atom is -0.477 e. The highest BCUT2D eigenvalue weighted by molar-refractivity contribution is 6.14. The van der Waals surface area contributed by atoms with E-state index < -0.39 is 11.9 Å². The maximum atomic E-state index is 12.7. The monoisotopic (exact) mass is 359 g/mol. The number of aromatic nitrogens is 2. The van der Waals surface area contributed by atoms with Gasteiger partial charge in [0.25, 0.3) is 5.91 Å². The quantitative estimate of drug-likeness (QED) is 0.573. The van der Waals surface area contributed by atoms with E-state index in [4.69, 9.17) is 4.52 Å². The van der Waals surface area contributed by atoms with Crippen molar-refractivity contribution in [3.8, 4) is 11.3 Å². The summed E-state index contributed by atoms with van der Waals surface area (Å²) in [5, 5.41) is 17.6. The molecule has 0 unspecified atom stereocenters. The molecule has 0 saturated heterocycles. The molecule has 0 aliphatic carbocycles. The lowest BCUT2D eigenvalue weighted by Crippen LogP contribution is -2.14. The third kappa shape index (κ3) is 3.02. The Morgan fingerprint density at radius 1 is 1.00 bits per heavy atom. The number of nitrogens with zero attached hydrogens (tertiary/aromatic N) is 2. The van der Waals surface area contributed by atoms with E-state index in [-0.39, 0.29) is 17.1 Å². The van der Waals surface area contributed by atoms with Crippen molar-refractivity contribution in [2.45, 2.75) is 0 Å². The van der Waals surface area contributed by atoms with Gasteiger partial charge in [-0.2, -0.15) is 0 Å². The number of anilines is 1. The van der Waals surface area contributed by atoms with Gasteiger partial charge in [-0.05, 0) is 29.0 Å². The second kappa shape index (κ2) is 6.72. The summed E-state index contributed by atoms with van der Waals surface area (Å²) in [6.07, 6.45) is 3.04. The molecule has 2 N–H and O–H groups in total. The van der Waals surface area contributed by atoms with E-state index in [9.17, 15) is 14.7 Å². The lowest BCUT2D eigenvalue weighted by molar-refractivity contribution is 0.0698. The Labute approximate surface area is 153 Å². The number of carbonyl (C=O) groups excluding carboxylic acids is 1. The van der Waals surface area contributed by atoms with Crippen LogP contribution in [0.15, 0.2) is 71.5 Å². The van der Waals surface area contributed by atoms with Gasteiger partial charge in [-0.3, -0.25) is 15.1 Å². The zero-order valence-electron chi connectivity index (χ0n) is 13.9. The van der Waals surface area contributed by atoms with Gasteiger partial charge in [0.05, 0.1) is 0 Å². The first-order valence-electron chi connectivity index (χ1n) is 8.07. The van der Waals surface area contributed by atoms with Gasteiger partial charge >= 0.3 is 5.97 Å². The van der Waals surface area contributed by atoms with Crippen LogP contribution in [-0.4, -0.2) is 27.1 Å². The van der Waals surface area contributed by atoms with Crippen molar-refractivity contribution < 1.29 is 19.2 Å². The molecule has 7 heteroatoms. The molecular formula is C20H13N3O4. The van der Waals surface area contributed by atoms with Crippen LogP contribution >= 0.6 is 0 Å². The largest absolute Gasteiger partial charge is 0.477 e. The van der Waals surface area contributed by atoms with Crippen molar-refractivity contribution in [2.75, 3.05) is 5.32 Å². The standard InChI is InChI=1S/C20H13N3O4/c24-18(15-9-3-6-12-5-1-2-8-14(12)15)22-19-16(20(25)26)17(23-27-19)13-7-4-10-21-11-13/h1-11H,(H,22,24)(H,25,26). The summed E-state index contributed by atoms with van der Waals surface area (Å²) in [5.74, 6) is -1.97. The molecule has 0 atom stereocenters. The highest BCUT2D eigenvalue weighted by Gasteiger charge is 2.25. The summed E-state index contributed by atoms with van der Waals surface area (Å²) in [7, 11) is 0. The van der Waals surface area contributed by atoms with Crippen LogP contribution in [0.5, 0.6) is 0 Å². The molecule has 2 aromatic heterocycles. The van der Waals surface area contributed by atoms with Gasteiger partial charge in [-0.25, -0.2) is 4.79 Å². The molecule has 27 heavy (non-hydrogen) atoms. The third-order valence-electron chi connectivity index (χ3n) is 4.10. The summed E-state index contributed by atoms with van der Waals surface area (Å²) in [6, 6.07) is 16.1. The number of carboxylic acid groups (broad SMARTS) is 1. The Kier molecular flexibility index (Phi) is 4.10. The maximum absolute atomic E-state index is 12.7. The van der Waals surface area contributed by atoms with Crippen LogP contribution in [0, 0.1) is 0 Å². The van der Waals surface area contributed by atoms with Crippen molar-refractivity contribution in [1.29, 1.82) is 0 Å². The molecule has 4 rings (SSSR count). The molecular weight excluding hydrogens is 346 g/mol. The molecule has 1 amide bonds. The zero-order valence-corrected chi connectivity index (χ0v) is 13.9. The Bertz CT molecular complexity index is 1150. The molecule has 0 spiro atoms. The number of benzene rings is 2. The SMILES string of the molecule is O=C(O)c1c(-c2cccnc2)noc1NC(=O)c1cccc2ccccc12. The number of carboxylic acids is 1.